The fraction of sp³-hybridized carbons (Fsp3) is 0.600. The van der Waals surface area contributed by atoms with Crippen LogP contribution in [0.5, 0.6) is 0 Å². The van der Waals surface area contributed by atoms with Crippen LogP contribution in [0.1, 0.15) is 76.9 Å². The minimum atomic E-state index is 0.0728. The summed E-state index contributed by atoms with van der Waals surface area (Å²) >= 11 is 0. The molecule has 4 aliphatic rings. The van der Waals surface area contributed by atoms with Crippen molar-refractivity contribution in [1.29, 1.82) is 0 Å². The summed E-state index contributed by atoms with van der Waals surface area (Å²) in [4.78, 5) is 15.7. The van der Waals surface area contributed by atoms with E-state index in [9.17, 15) is 4.79 Å². The number of hydrogen-bond acceptors (Lipinski definition) is 3. The number of fused-ring (bicyclic) bond motifs is 3. The number of carbonyl (C=O) groups excluding carboxylic acids is 1. The zero-order valence-electron chi connectivity index (χ0n) is 21.2. The summed E-state index contributed by atoms with van der Waals surface area (Å²) < 4.78 is 10.3. The molecule has 4 unspecified atom stereocenters. The molecule has 190 valence electrons. The number of rotatable bonds is 5. The van der Waals surface area contributed by atoms with Crippen LogP contribution in [0, 0.1) is 11.8 Å². The van der Waals surface area contributed by atoms with Crippen molar-refractivity contribution < 1.29 is 9.53 Å². The fourth-order valence-electron chi connectivity index (χ4n) is 7.58. The molecule has 1 aliphatic carbocycles. The summed E-state index contributed by atoms with van der Waals surface area (Å²) in [6, 6.07) is 9.93. The highest BCUT2D eigenvalue weighted by atomic mass is 16.5. The molecule has 2 bridgehead atoms. The van der Waals surface area contributed by atoms with Crippen LogP contribution in [0.15, 0.2) is 42.9 Å². The maximum Gasteiger partial charge on any atom is 0.226 e. The molecule has 2 aromatic heterocycles. The fourth-order valence-corrected chi connectivity index (χ4v) is 7.58. The van der Waals surface area contributed by atoms with E-state index in [-0.39, 0.29) is 6.23 Å². The SMILES string of the molecule is O=C(C1CCCCC1)N1C2CCC1C(Cn1ccc3cc(-c4cnn(C5CCCCO5)c4)ccc31)C2. The van der Waals surface area contributed by atoms with Crippen molar-refractivity contribution >= 4 is 16.8 Å². The van der Waals surface area contributed by atoms with Gasteiger partial charge in [0.05, 0.1) is 6.20 Å². The number of nitrogens with zero attached hydrogens (tertiary/aromatic N) is 4. The molecule has 0 N–H and O–H groups in total. The quantitative estimate of drug-likeness (QED) is 0.434. The molecule has 1 aromatic carbocycles. The van der Waals surface area contributed by atoms with Crippen molar-refractivity contribution in [3.8, 4) is 11.1 Å². The lowest BCUT2D eigenvalue weighted by Gasteiger charge is -2.30. The smallest absolute Gasteiger partial charge is 0.226 e. The van der Waals surface area contributed by atoms with Gasteiger partial charge in [0.25, 0.3) is 0 Å². The van der Waals surface area contributed by atoms with Crippen LogP contribution in [0.2, 0.25) is 0 Å². The Morgan fingerprint density at radius 1 is 0.972 bits per heavy atom. The van der Waals surface area contributed by atoms with Crippen molar-refractivity contribution in [1.82, 2.24) is 19.2 Å². The maximum atomic E-state index is 13.4. The first-order chi connectivity index (χ1) is 17.7. The highest BCUT2D eigenvalue weighted by Gasteiger charge is 2.49. The summed E-state index contributed by atoms with van der Waals surface area (Å²) in [5, 5.41) is 5.87. The molecule has 1 saturated carbocycles. The normalized spacial score (nSPS) is 28.8. The van der Waals surface area contributed by atoms with Gasteiger partial charge >= 0.3 is 0 Å². The molecule has 7 rings (SSSR count). The molecule has 5 heterocycles. The molecular formula is C30H38N4O2. The third kappa shape index (κ3) is 3.98. The first-order valence-corrected chi connectivity index (χ1v) is 14.3. The van der Waals surface area contributed by atoms with E-state index >= 15 is 0 Å². The summed E-state index contributed by atoms with van der Waals surface area (Å²) in [5.74, 6) is 1.34. The third-order valence-electron chi connectivity index (χ3n) is 9.46. The number of ether oxygens (including phenoxy) is 1. The molecule has 36 heavy (non-hydrogen) atoms. The number of aromatic nitrogens is 3. The molecule has 0 spiro atoms. The minimum absolute atomic E-state index is 0.0728. The lowest BCUT2D eigenvalue weighted by atomic mass is 9.88. The van der Waals surface area contributed by atoms with E-state index in [0.717, 1.165) is 44.4 Å². The van der Waals surface area contributed by atoms with Gasteiger partial charge in [-0.1, -0.05) is 25.3 Å². The van der Waals surface area contributed by atoms with E-state index in [1.165, 1.54) is 61.4 Å². The Hall–Kier alpha value is -2.60. The van der Waals surface area contributed by atoms with E-state index in [1.807, 2.05) is 10.9 Å². The summed E-state index contributed by atoms with van der Waals surface area (Å²) in [5.41, 5.74) is 3.63. The van der Waals surface area contributed by atoms with Crippen molar-refractivity contribution in [3.63, 3.8) is 0 Å². The monoisotopic (exact) mass is 486 g/mol. The lowest BCUT2D eigenvalue weighted by Crippen LogP contribution is -2.41. The Kier molecular flexibility index (Phi) is 5.88. The van der Waals surface area contributed by atoms with E-state index in [2.05, 4.69) is 51.2 Å². The van der Waals surface area contributed by atoms with Gasteiger partial charge < -0.3 is 14.2 Å². The summed E-state index contributed by atoms with van der Waals surface area (Å²) in [6.45, 7) is 1.84. The molecular weight excluding hydrogens is 448 g/mol. The zero-order chi connectivity index (χ0) is 24.1. The van der Waals surface area contributed by atoms with Gasteiger partial charge in [0.15, 0.2) is 0 Å². The minimum Gasteiger partial charge on any atom is -0.357 e. The highest BCUT2D eigenvalue weighted by Crippen LogP contribution is 2.44. The van der Waals surface area contributed by atoms with E-state index < -0.39 is 0 Å². The molecule has 0 radical (unpaired) electrons. The van der Waals surface area contributed by atoms with Crippen LogP contribution >= 0.6 is 0 Å². The maximum absolute atomic E-state index is 13.4. The van der Waals surface area contributed by atoms with E-state index in [4.69, 9.17) is 4.74 Å². The Balaban J connectivity index is 1.06. The Labute approximate surface area is 213 Å². The van der Waals surface area contributed by atoms with Crippen molar-refractivity contribution in [2.75, 3.05) is 6.61 Å². The first kappa shape index (κ1) is 22.6. The molecule has 3 aromatic rings. The Morgan fingerprint density at radius 3 is 2.72 bits per heavy atom. The van der Waals surface area contributed by atoms with Gasteiger partial charge in [0, 0.05) is 60.0 Å². The van der Waals surface area contributed by atoms with Crippen molar-refractivity contribution in [2.24, 2.45) is 11.8 Å². The van der Waals surface area contributed by atoms with Gasteiger partial charge in [-0.25, -0.2) is 4.68 Å². The topological polar surface area (TPSA) is 52.3 Å². The van der Waals surface area contributed by atoms with Crippen molar-refractivity contribution in [2.45, 2.75) is 95.5 Å². The lowest BCUT2D eigenvalue weighted by molar-refractivity contribution is -0.138. The average molecular weight is 487 g/mol. The van der Waals surface area contributed by atoms with Gasteiger partial charge in [-0.2, -0.15) is 5.10 Å². The first-order valence-electron chi connectivity index (χ1n) is 14.3. The van der Waals surface area contributed by atoms with Gasteiger partial charge in [0.2, 0.25) is 5.91 Å². The van der Waals surface area contributed by atoms with Crippen LogP contribution in [-0.2, 0) is 16.1 Å². The summed E-state index contributed by atoms with van der Waals surface area (Å²) in [6.07, 6.45) is 19.3. The number of amides is 1. The summed E-state index contributed by atoms with van der Waals surface area (Å²) in [7, 11) is 0. The largest absolute Gasteiger partial charge is 0.357 e. The predicted molar refractivity (Wildman–Crippen MR) is 140 cm³/mol. The highest BCUT2D eigenvalue weighted by molar-refractivity contribution is 5.85. The van der Waals surface area contributed by atoms with Crippen LogP contribution in [0.4, 0.5) is 0 Å². The number of carbonyl (C=O) groups is 1. The van der Waals surface area contributed by atoms with Gasteiger partial charge in [-0.3, -0.25) is 4.79 Å². The molecule has 3 saturated heterocycles. The predicted octanol–water partition coefficient (Wildman–Crippen LogP) is 6.16. The Morgan fingerprint density at radius 2 is 1.86 bits per heavy atom. The van der Waals surface area contributed by atoms with Crippen molar-refractivity contribution in [3.05, 3.63) is 42.9 Å². The number of hydrogen-bond donors (Lipinski definition) is 0. The second kappa shape index (κ2) is 9.37. The molecule has 6 nitrogen and oxygen atoms in total. The second-order valence-electron chi connectivity index (χ2n) is 11.6. The standard InChI is InChI=1S/C30H38N4O2/c35-30(21-6-2-1-3-7-21)34-26-10-12-28(34)24(17-26)19-32-14-13-23-16-22(9-11-27(23)32)25-18-31-33(20-25)29-8-4-5-15-36-29/h9,11,13-14,16,18,20-21,24,26,28-29H,1-8,10,12,15,17,19H2. The molecule has 3 aliphatic heterocycles. The third-order valence-corrected chi connectivity index (χ3v) is 9.46. The molecule has 6 heteroatoms. The molecule has 4 atom stereocenters. The van der Waals surface area contributed by atoms with Crippen LogP contribution < -0.4 is 0 Å². The van der Waals surface area contributed by atoms with Gasteiger partial charge in [-0.15, -0.1) is 0 Å². The second-order valence-corrected chi connectivity index (χ2v) is 11.6. The Bertz CT molecular complexity index is 1230. The molecule has 4 fully saturated rings. The zero-order valence-corrected chi connectivity index (χ0v) is 21.2. The van der Waals surface area contributed by atoms with E-state index in [0.29, 0.717) is 29.8 Å². The van der Waals surface area contributed by atoms with Gasteiger partial charge in [-0.05, 0) is 81.0 Å². The molecule has 1 amide bonds. The van der Waals surface area contributed by atoms with Gasteiger partial charge in [0.1, 0.15) is 6.23 Å². The van der Waals surface area contributed by atoms with E-state index in [1.54, 1.807) is 0 Å². The average Bonchev–Trinajstić information content (AvgIpc) is 3.73. The van der Waals surface area contributed by atoms with Crippen LogP contribution in [0.3, 0.4) is 0 Å². The van der Waals surface area contributed by atoms with Crippen LogP contribution in [0.25, 0.3) is 22.0 Å². The number of benzene rings is 1. The van der Waals surface area contributed by atoms with Crippen LogP contribution in [-0.4, -0.2) is 43.8 Å².